The maximum absolute atomic E-state index is 6.16. The van der Waals surface area contributed by atoms with Crippen molar-refractivity contribution < 1.29 is 9.47 Å². The first-order chi connectivity index (χ1) is 8.72. The van der Waals surface area contributed by atoms with E-state index in [2.05, 4.69) is 22.9 Å². The van der Waals surface area contributed by atoms with Crippen LogP contribution in [0, 0.1) is 5.92 Å². The molecule has 1 saturated carbocycles. The summed E-state index contributed by atoms with van der Waals surface area (Å²) < 4.78 is 11.4. The van der Waals surface area contributed by atoms with Crippen molar-refractivity contribution in [3.8, 4) is 11.5 Å². The summed E-state index contributed by atoms with van der Waals surface area (Å²) in [7, 11) is 1.69. The van der Waals surface area contributed by atoms with E-state index in [-0.39, 0.29) is 0 Å². The zero-order valence-electron chi connectivity index (χ0n) is 11.1. The van der Waals surface area contributed by atoms with Crippen molar-refractivity contribution in [3.05, 3.63) is 23.8 Å². The number of halogens is 1. The van der Waals surface area contributed by atoms with E-state index in [9.17, 15) is 0 Å². The Balaban J connectivity index is 2.08. The van der Waals surface area contributed by atoms with Gasteiger partial charge in [-0.3, -0.25) is 0 Å². The molecule has 2 unspecified atom stereocenters. The van der Waals surface area contributed by atoms with Gasteiger partial charge in [-0.2, -0.15) is 0 Å². The number of alkyl halides is 1. The first-order valence-electron chi connectivity index (χ1n) is 6.62. The Morgan fingerprint density at radius 2 is 2.17 bits per heavy atom. The third-order valence-electron chi connectivity index (χ3n) is 3.59. The summed E-state index contributed by atoms with van der Waals surface area (Å²) in [6.45, 7) is 2.31. The van der Waals surface area contributed by atoms with E-state index in [4.69, 9.17) is 9.47 Å². The highest BCUT2D eigenvalue weighted by Gasteiger charge is 2.21. The number of benzene rings is 1. The Labute approximate surface area is 118 Å². The lowest BCUT2D eigenvalue weighted by atomic mass is 9.88. The van der Waals surface area contributed by atoms with Crippen LogP contribution >= 0.6 is 15.9 Å². The molecule has 2 rings (SSSR count). The van der Waals surface area contributed by atoms with E-state index in [0.29, 0.717) is 6.10 Å². The van der Waals surface area contributed by atoms with Crippen LogP contribution in [0.2, 0.25) is 0 Å². The number of hydrogen-bond acceptors (Lipinski definition) is 2. The quantitative estimate of drug-likeness (QED) is 0.759. The Bertz CT molecular complexity index is 392. The second kappa shape index (κ2) is 6.46. The van der Waals surface area contributed by atoms with Gasteiger partial charge in [-0.15, -0.1) is 0 Å². The van der Waals surface area contributed by atoms with E-state index < -0.39 is 0 Å². The lowest BCUT2D eigenvalue weighted by Crippen LogP contribution is -2.24. The summed E-state index contributed by atoms with van der Waals surface area (Å²) in [5, 5.41) is 0.793. The lowest BCUT2D eigenvalue weighted by Gasteiger charge is -2.28. The zero-order valence-corrected chi connectivity index (χ0v) is 12.7. The Hall–Kier alpha value is -0.700. The molecule has 2 atom stereocenters. The SMILES string of the molecule is COc1ccc(OC2CCCC(C)C2)c(CBr)c1. The maximum atomic E-state index is 6.16. The molecule has 2 nitrogen and oxygen atoms in total. The summed E-state index contributed by atoms with van der Waals surface area (Å²) in [5.41, 5.74) is 1.16. The lowest BCUT2D eigenvalue weighted by molar-refractivity contribution is 0.128. The van der Waals surface area contributed by atoms with Crippen LogP contribution in [-0.4, -0.2) is 13.2 Å². The third kappa shape index (κ3) is 3.41. The van der Waals surface area contributed by atoms with Gasteiger partial charge >= 0.3 is 0 Å². The molecular formula is C15H21BrO2. The molecule has 0 aliphatic heterocycles. The number of methoxy groups -OCH3 is 1. The van der Waals surface area contributed by atoms with Gasteiger partial charge in [0.05, 0.1) is 13.2 Å². The van der Waals surface area contributed by atoms with E-state index in [1.807, 2.05) is 18.2 Å². The van der Waals surface area contributed by atoms with Crippen molar-refractivity contribution in [2.45, 2.75) is 44.0 Å². The molecule has 1 fully saturated rings. The molecule has 1 aromatic rings. The molecular weight excluding hydrogens is 292 g/mol. The fourth-order valence-corrected chi connectivity index (χ4v) is 3.01. The fourth-order valence-electron chi connectivity index (χ4n) is 2.57. The van der Waals surface area contributed by atoms with Gasteiger partial charge in [-0.1, -0.05) is 29.3 Å². The van der Waals surface area contributed by atoms with Crippen molar-refractivity contribution in [1.29, 1.82) is 0 Å². The van der Waals surface area contributed by atoms with Gasteiger partial charge in [0, 0.05) is 10.9 Å². The molecule has 0 amide bonds. The number of ether oxygens (including phenoxy) is 2. The van der Waals surface area contributed by atoms with Crippen LogP contribution in [0.5, 0.6) is 11.5 Å². The molecule has 1 aliphatic rings. The standard InChI is InChI=1S/C15H21BrO2/c1-11-4-3-5-14(8-11)18-15-7-6-13(17-2)9-12(15)10-16/h6-7,9,11,14H,3-5,8,10H2,1-2H3. The highest BCUT2D eigenvalue weighted by Crippen LogP contribution is 2.31. The van der Waals surface area contributed by atoms with E-state index >= 15 is 0 Å². The Kier molecular flexibility index (Phi) is 4.93. The summed E-state index contributed by atoms with van der Waals surface area (Å²) in [6.07, 6.45) is 5.35. The van der Waals surface area contributed by atoms with Gasteiger partial charge in [0.2, 0.25) is 0 Å². The molecule has 1 aliphatic carbocycles. The molecule has 0 saturated heterocycles. The Morgan fingerprint density at radius 3 is 2.83 bits per heavy atom. The first-order valence-corrected chi connectivity index (χ1v) is 7.74. The molecule has 0 heterocycles. The summed E-state index contributed by atoms with van der Waals surface area (Å²) in [4.78, 5) is 0. The van der Waals surface area contributed by atoms with E-state index in [1.54, 1.807) is 7.11 Å². The molecule has 0 aromatic heterocycles. The minimum Gasteiger partial charge on any atom is -0.497 e. The summed E-state index contributed by atoms with van der Waals surface area (Å²) in [6, 6.07) is 6.03. The van der Waals surface area contributed by atoms with Gasteiger partial charge in [0.15, 0.2) is 0 Å². The van der Waals surface area contributed by atoms with Crippen molar-refractivity contribution >= 4 is 15.9 Å². The van der Waals surface area contributed by atoms with Gasteiger partial charge < -0.3 is 9.47 Å². The molecule has 3 heteroatoms. The Morgan fingerprint density at radius 1 is 1.33 bits per heavy atom. The molecule has 1 aromatic carbocycles. The van der Waals surface area contributed by atoms with Crippen LogP contribution in [0.4, 0.5) is 0 Å². The van der Waals surface area contributed by atoms with Crippen LogP contribution in [0.1, 0.15) is 38.2 Å². The molecule has 0 bridgehead atoms. The van der Waals surface area contributed by atoms with Crippen molar-refractivity contribution in [2.24, 2.45) is 5.92 Å². The third-order valence-corrected chi connectivity index (χ3v) is 4.20. The smallest absolute Gasteiger partial charge is 0.124 e. The highest BCUT2D eigenvalue weighted by molar-refractivity contribution is 9.08. The average molecular weight is 313 g/mol. The van der Waals surface area contributed by atoms with Gasteiger partial charge in [-0.05, 0) is 43.4 Å². The normalized spacial score (nSPS) is 23.7. The largest absolute Gasteiger partial charge is 0.497 e. The molecule has 0 spiro atoms. The zero-order chi connectivity index (χ0) is 13.0. The van der Waals surface area contributed by atoms with E-state index in [0.717, 1.165) is 28.3 Å². The van der Waals surface area contributed by atoms with E-state index in [1.165, 1.54) is 25.7 Å². The predicted molar refractivity (Wildman–Crippen MR) is 77.7 cm³/mol. The van der Waals surface area contributed by atoms with Gasteiger partial charge in [0.25, 0.3) is 0 Å². The topological polar surface area (TPSA) is 18.5 Å². The molecule has 18 heavy (non-hydrogen) atoms. The summed E-state index contributed by atoms with van der Waals surface area (Å²) in [5.74, 6) is 2.66. The highest BCUT2D eigenvalue weighted by atomic mass is 79.9. The van der Waals surface area contributed by atoms with Crippen molar-refractivity contribution in [2.75, 3.05) is 7.11 Å². The minimum atomic E-state index is 0.375. The van der Waals surface area contributed by atoms with Gasteiger partial charge in [0.1, 0.15) is 11.5 Å². The second-order valence-electron chi connectivity index (χ2n) is 5.12. The van der Waals surface area contributed by atoms with Crippen LogP contribution in [-0.2, 0) is 5.33 Å². The first kappa shape index (κ1) is 13.7. The maximum Gasteiger partial charge on any atom is 0.124 e. The second-order valence-corrected chi connectivity index (χ2v) is 5.68. The average Bonchev–Trinajstić information content (AvgIpc) is 2.39. The summed E-state index contributed by atoms with van der Waals surface area (Å²) >= 11 is 3.51. The number of hydrogen-bond donors (Lipinski definition) is 0. The minimum absolute atomic E-state index is 0.375. The number of rotatable bonds is 4. The monoisotopic (exact) mass is 312 g/mol. The molecule has 0 radical (unpaired) electrons. The van der Waals surface area contributed by atoms with Crippen LogP contribution in [0.25, 0.3) is 0 Å². The van der Waals surface area contributed by atoms with Crippen molar-refractivity contribution in [1.82, 2.24) is 0 Å². The van der Waals surface area contributed by atoms with Crippen LogP contribution in [0.15, 0.2) is 18.2 Å². The van der Waals surface area contributed by atoms with Crippen molar-refractivity contribution in [3.63, 3.8) is 0 Å². The fraction of sp³-hybridized carbons (Fsp3) is 0.600. The van der Waals surface area contributed by atoms with Gasteiger partial charge in [-0.25, -0.2) is 0 Å². The van der Waals surface area contributed by atoms with Crippen LogP contribution in [0.3, 0.4) is 0 Å². The predicted octanol–water partition coefficient (Wildman–Crippen LogP) is 4.55. The van der Waals surface area contributed by atoms with Crippen LogP contribution < -0.4 is 9.47 Å². The molecule has 0 N–H and O–H groups in total. The molecule has 100 valence electrons.